The van der Waals surface area contributed by atoms with E-state index in [4.69, 9.17) is 4.74 Å². The molecule has 7 heteroatoms. The molecule has 0 saturated heterocycles. The van der Waals surface area contributed by atoms with Gasteiger partial charge in [-0.2, -0.15) is 4.68 Å². The molecule has 1 aromatic heterocycles. The number of ether oxygens (including phenoxy) is 1. The summed E-state index contributed by atoms with van der Waals surface area (Å²) in [6.07, 6.45) is 0. The van der Waals surface area contributed by atoms with Crippen molar-refractivity contribution in [3.63, 3.8) is 0 Å². The van der Waals surface area contributed by atoms with Crippen molar-refractivity contribution in [1.29, 1.82) is 0 Å². The molecular formula is C19H20N4O2S. The summed E-state index contributed by atoms with van der Waals surface area (Å²) in [5.41, 5.74) is 3.67. The van der Waals surface area contributed by atoms with Crippen LogP contribution in [0.1, 0.15) is 35.3 Å². The number of tetrazole rings is 1. The molecule has 2 aromatic carbocycles. The van der Waals surface area contributed by atoms with Crippen LogP contribution in [0.5, 0.6) is 5.75 Å². The smallest absolute Gasteiger partial charge is 0.214 e. The molecule has 0 aliphatic heterocycles. The summed E-state index contributed by atoms with van der Waals surface area (Å²) in [6, 6.07) is 13.5. The van der Waals surface area contributed by atoms with E-state index in [0.717, 1.165) is 22.6 Å². The molecule has 0 unspecified atom stereocenters. The summed E-state index contributed by atoms with van der Waals surface area (Å²) in [5, 5.41) is 12.7. The van der Waals surface area contributed by atoms with Gasteiger partial charge < -0.3 is 4.74 Å². The molecule has 0 atom stereocenters. The molecule has 0 aliphatic rings. The number of aryl methyl sites for hydroxylation is 1. The Labute approximate surface area is 156 Å². The lowest BCUT2D eigenvalue weighted by Crippen LogP contribution is -2.01. The number of hydrogen-bond acceptors (Lipinski definition) is 6. The van der Waals surface area contributed by atoms with Crippen LogP contribution in [0, 0.1) is 6.92 Å². The number of carbonyl (C=O) groups is 1. The minimum Gasteiger partial charge on any atom is -0.494 e. The van der Waals surface area contributed by atoms with Gasteiger partial charge in [-0.25, -0.2) is 0 Å². The zero-order chi connectivity index (χ0) is 18.5. The quantitative estimate of drug-likeness (QED) is 0.466. The molecule has 0 N–H and O–H groups in total. The van der Waals surface area contributed by atoms with Gasteiger partial charge in [-0.05, 0) is 67.1 Å². The second-order valence-corrected chi connectivity index (χ2v) is 6.76. The van der Waals surface area contributed by atoms with Crippen LogP contribution >= 0.6 is 11.8 Å². The summed E-state index contributed by atoms with van der Waals surface area (Å²) in [7, 11) is 0. The second-order valence-electron chi connectivity index (χ2n) is 5.81. The number of hydrogen-bond donors (Lipinski definition) is 0. The number of Topliss-reactive ketones (excluding diaryl/α,β-unsaturated/α-hetero) is 1. The Morgan fingerprint density at radius 1 is 1.23 bits per heavy atom. The van der Waals surface area contributed by atoms with Crippen molar-refractivity contribution in [2.75, 3.05) is 6.61 Å². The Kier molecular flexibility index (Phi) is 5.68. The van der Waals surface area contributed by atoms with Crippen molar-refractivity contribution in [2.45, 2.75) is 31.7 Å². The third-order valence-corrected chi connectivity index (χ3v) is 4.78. The third-order valence-electron chi connectivity index (χ3n) is 3.81. The standard InChI is InChI=1S/C19H20N4O2S/c1-4-25-18-9-8-15(14(3)24)11-16(18)12-26-19-20-21-22-23(19)17-7-5-6-13(2)10-17/h5-11H,4,12H2,1-3H3. The summed E-state index contributed by atoms with van der Waals surface area (Å²) < 4.78 is 7.40. The van der Waals surface area contributed by atoms with Crippen molar-refractivity contribution < 1.29 is 9.53 Å². The highest BCUT2D eigenvalue weighted by Crippen LogP contribution is 2.29. The fourth-order valence-corrected chi connectivity index (χ4v) is 3.41. The Morgan fingerprint density at radius 3 is 2.81 bits per heavy atom. The van der Waals surface area contributed by atoms with Crippen molar-refractivity contribution in [1.82, 2.24) is 20.2 Å². The van der Waals surface area contributed by atoms with Crippen LogP contribution in [-0.4, -0.2) is 32.6 Å². The van der Waals surface area contributed by atoms with E-state index in [1.807, 2.05) is 50.2 Å². The van der Waals surface area contributed by atoms with Crippen LogP contribution < -0.4 is 4.74 Å². The van der Waals surface area contributed by atoms with Gasteiger partial charge in [0.2, 0.25) is 5.16 Å². The van der Waals surface area contributed by atoms with Gasteiger partial charge in [0.05, 0.1) is 12.3 Å². The number of benzene rings is 2. The summed E-state index contributed by atoms with van der Waals surface area (Å²) in [4.78, 5) is 11.7. The second kappa shape index (κ2) is 8.14. The molecule has 0 radical (unpaired) electrons. The van der Waals surface area contributed by atoms with Crippen LogP contribution in [0.15, 0.2) is 47.6 Å². The van der Waals surface area contributed by atoms with Crippen LogP contribution in [0.3, 0.4) is 0 Å². The highest BCUT2D eigenvalue weighted by molar-refractivity contribution is 7.98. The lowest BCUT2D eigenvalue weighted by molar-refractivity contribution is 0.101. The minimum atomic E-state index is 0.0314. The number of aromatic nitrogens is 4. The molecule has 26 heavy (non-hydrogen) atoms. The maximum atomic E-state index is 11.7. The minimum absolute atomic E-state index is 0.0314. The van der Waals surface area contributed by atoms with Gasteiger partial charge in [-0.3, -0.25) is 4.79 Å². The third kappa shape index (κ3) is 4.11. The van der Waals surface area contributed by atoms with E-state index in [1.54, 1.807) is 17.7 Å². The average molecular weight is 368 g/mol. The van der Waals surface area contributed by atoms with Crippen molar-refractivity contribution in [3.8, 4) is 11.4 Å². The first kappa shape index (κ1) is 18.1. The molecule has 0 spiro atoms. The van der Waals surface area contributed by atoms with Crippen LogP contribution in [0.4, 0.5) is 0 Å². The van der Waals surface area contributed by atoms with E-state index in [9.17, 15) is 4.79 Å². The molecular weight excluding hydrogens is 348 g/mol. The predicted molar refractivity (Wildman–Crippen MR) is 101 cm³/mol. The fraction of sp³-hybridized carbons (Fsp3) is 0.263. The normalized spacial score (nSPS) is 10.7. The zero-order valence-electron chi connectivity index (χ0n) is 15.0. The van der Waals surface area contributed by atoms with Crippen LogP contribution in [0.25, 0.3) is 5.69 Å². The Balaban J connectivity index is 1.85. The molecule has 0 amide bonds. The lowest BCUT2D eigenvalue weighted by Gasteiger charge is -2.11. The number of rotatable bonds is 7. The molecule has 6 nitrogen and oxygen atoms in total. The molecule has 0 saturated carbocycles. The molecule has 3 rings (SSSR count). The van der Waals surface area contributed by atoms with E-state index in [-0.39, 0.29) is 5.78 Å². The summed E-state index contributed by atoms with van der Waals surface area (Å²) in [6.45, 7) is 6.10. The summed E-state index contributed by atoms with van der Waals surface area (Å²) in [5.74, 6) is 1.41. The molecule has 0 bridgehead atoms. The van der Waals surface area contributed by atoms with Gasteiger partial charge in [0.1, 0.15) is 5.75 Å². The Morgan fingerprint density at radius 2 is 2.08 bits per heavy atom. The van der Waals surface area contributed by atoms with Crippen molar-refractivity contribution >= 4 is 17.5 Å². The van der Waals surface area contributed by atoms with E-state index in [0.29, 0.717) is 23.1 Å². The van der Waals surface area contributed by atoms with Crippen LogP contribution in [0.2, 0.25) is 0 Å². The van der Waals surface area contributed by atoms with Crippen molar-refractivity contribution in [2.24, 2.45) is 0 Å². The predicted octanol–water partition coefficient (Wildman–Crippen LogP) is 3.86. The topological polar surface area (TPSA) is 69.9 Å². The first-order chi connectivity index (χ1) is 12.6. The first-order valence-corrected chi connectivity index (χ1v) is 9.32. The van der Waals surface area contributed by atoms with Crippen LogP contribution in [-0.2, 0) is 5.75 Å². The highest BCUT2D eigenvalue weighted by atomic mass is 32.2. The SMILES string of the molecule is CCOc1ccc(C(C)=O)cc1CSc1nnnn1-c1cccc(C)c1. The van der Waals surface area contributed by atoms with E-state index < -0.39 is 0 Å². The Bertz CT molecular complexity index is 923. The van der Waals surface area contributed by atoms with E-state index in [1.165, 1.54) is 11.8 Å². The zero-order valence-corrected chi connectivity index (χ0v) is 15.8. The number of carbonyl (C=O) groups excluding carboxylic acids is 1. The average Bonchev–Trinajstić information content (AvgIpc) is 3.09. The van der Waals surface area contributed by atoms with Crippen molar-refractivity contribution in [3.05, 3.63) is 59.2 Å². The molecule has 1 heterocycles. The van der Waals surface area contributed by atoms with Gasteiger partial charge in [0, 0.05) is 16.9 Å². The Hall–Kier alpha value is -2.67. The monoisotopic (exact) mass is 368 g/mol. The summed E-state index contributed by atoms with van der Waals surface area (Å²) >= 11 is 1.50. The lowest BCUT2D eigenvalue weighted by atomic mass is 10.1. The number of nitrogens with zero attached hydrogens (tertiary/aromatic N) is 4. The number of ketones is 1. The first-order valence-electron chi connectivity index (χ1n) is 8.33. The van der Waals surface area contributed by atoms with Gasteiger partial charge in [0.25, 0.3) is 0 Å². The number of thioether (sulfide) groups is 1. The van der Waals surface area contributed by atoms with Gasteiger partial charge in [-0.15, -0.1) is 5.10 Å². The maximum Gasteiger partial charge on any atom is 0.214 e. The molecule has 0 aliphatic carbocycles. The van der Waals surface area contributed by atoms with Gasteiger partial charge in [0.15, 0.2) is 5.78 Å². The maximum absolute atomic E-state index is 11.7. The van der Waals surface area contributed by atoms with E-state index in [2.05, 4.69) is 15.5 Å². The highest BCUT2D eigenvalue weighted by Gasteiger charge is 2.13. The molecule has 134 valence electrons. The molecule has 3 aromatic rings. The molecule has 0 fully saturated rings. The largest absolute Gasteiger partial charge is 0.494 e. The van der Waals surface area contributed by atoms with E-state index >= 15 is 0 Å². The van der Waals surface area contributed by atoms with Gasteiger partial charge in [-0.1, -0.05) is 23.9 Å². The van der Waals surface area contributed by atoms with Gasteiger partial charge >= 0.3 is 0 Å². The fourth-order valence-electron chi connectivity index (χ4n) is 2.54.